The van der Waals surface area contributed by atoms with E-state index in [1.54, 1.807) is 6.07 Å². The Labute approximate surface area is 152 Å². The van der Waals surface area contributed by atoms with Crippen LogP contribution in [0, 0.1) is 11.3 Å². The van der Waals surface area contributed by atoms with E-state index in [-0.39, 0.29) is 16.4 Å². The van der Waals surface area contributed by atoms with E-state index in [2.05, 4.69) is 10.6 Å². The van der Waals surface area contributed by atoms with Gasteiger partial charge in [0, 0.05) is 18.7 Å². The van der Waals surface area contributed by atoms with Gasteiger partial charge in [0.1, 0.15) is 6.07 Å². The number of sulfonamides is 1. The van der Waals surface area contributed by atoms with E-state index in [0.29, 0.717) is 24.3 Å². The summed E-state index contributed by atoms with van der Waals surface area (Å²) < 4.78 is 22.8. The molecular formula is C18H20N4O3S. The zero-order valence-corrected chi connectivity index (χ0v) is 15.1. The van der Waals surface area contributed by atoms with Crippen LogP contribution in [-0.2, 0) is 21.4 Å². The minimum atomic E-state index is -3.86. The van der Waals surface area contributed by atoms with Crippen LogP contribution in [0.5, 0.6) is 0 Å². The van der Waals surface area contributed by atoms with Crippen LogP contribution in [0.25, 0.3) is 0 Å². The first-order valence-corrected chi connectivity index (χ1v) is 9.57. The lowest BCUT2D eigenvalue weighted by molar-refractivity contribution is -0.116. The maximum absolute atomic E-state index is 11.7. The molecule has 0 saturated carbocycles. The van der Waals surface area contributed by atoms with Gasteiger partial charge in [0.25, 0.3) is 0 Å². The maximum Gasteiger partial charge on any atom is 0.238 e. The number of primary sulfonamides is 1. The molecule has 0 aliphatic heterocycles. The van der Waals surface area contributed by atoms with Crippen molar-refractivity contribution in [2.45, 2.75) is 31.2 Å². The SMILES string of the molecule is CCCC(=O)Nc1cccc(CNc2ccc(S(N)(=O)=O)cc2C#N)c1. The number of carbonyl (C=O) groups excluding carboxylic acids is 1. The zero-order chi connectivity index (χ0) is 19.2. The number of nitrogens with one attached hydrogen (secondary N) is 2. The molecule has 2 aromatic rings. The molecule has 4 N–H and O–H groups in total. The molecule has 0 atom stereocenters. The van der Waals surface area contributed by atoms with E-state index in [1.165, 1.54) is 18.2 Å². The van der Waals surface area contributed by atoms with Crippen LogP contribution in [0.2, 0.25) is 0 Å². The summed E-state index contributed by atoms with van der Waals surface area (Å²) in [7, 11) is -3.86. The number of amides is 1. The monoisotopic (exact) mass is 372 g/mol. The van der Waals surface area contributed by atoms with Crippen molar-refractivity contribution in [3.8, 4) is 6.07 Å². The number of nitriles is 1. The molecule has 136 valence electrons. The van der Waals surface area contributed by atoms with Crippen LogP contribution < -0.4 is 15.8 Å². The third-order valence-electron chi connectivity index (χ3n) is 3.61. The van der Waals surface area contributed by atoms with Crippen molar-refractivity contribution in [3.05, 3.63) is 53.6 Å². The molecule has 0 aliphatic rings. The number of carbonyl (C=O) groups is 1. The topological polar surface area (TPSA) is 125 Å². The Balaban J connectivity index is 2.12. The summed E-state index contributed by atoms with van der Waals surface area (Å²) >= 11 is 0. The van der Waals surface area contributed by atoms with Gasteiger partial charge in [-0.05, 0) is 42.3 Å². The molecule has 2 aromatic carbocycles. The maximum atomic E-state index is 11.7. The second-order valence-corrected chi connectivity index (χ2v) is 7.28. The van der Waals surface area contributed by atoms with Gasteiger partial charge < -0.3 is 10.6 Å². The highest BCUT2D eigenvalue weighted by atomic mass is 32.2. The van der Waals surface area contributed by atoms with Crippen LogP contribution in [0.4, 0.5) is 11.4 Å². The number of nitrogens with two attached hydrogens (primary N) is 1. The van der Waals surface area contributed by atoms with Crippen molar-refractivity contribution in [3.63, 3.8) is 0 Å². The average molecular weight is 372 g/mol. The fraction of sp³-hybridized carbons (Fsp3) is 0.222. The van der Waals surface area contributed by atoms with Crippen molar-refractivity contribution >= 4 is 27.3 Å². The van der Waals surface area contributed by atoms with Gasteiger partial charge in [-0.1, -0.05) is 19.1 Å². The minimum absolute atomic E-state index is 0.0389. The average Bonchev–Trinajstić information content (AvgIpc) is 2.59. The van der Waals surface area contributed by atoms with Gasteiger partial charge in [0.05, 0.1) is 16.1 Å². The third kappa shape index (κ3) is 5.31. The third-order valence-corrected chi connectivity index (χ3v) is 4.52. The molecule has 0 bridgehead atoms. The zero-order valence-electron chi connectivity index (χ0n) is 14.3. The van der Waals surface area contributed by atoms with Gasteiger partial charge in [0.15, 0.2) is 0 Å². The van der Waals surface area contributed by atoms with E-state index in [0.717, 1.165) is 12.0 Å². The first-order valence-electron chi connectivity index (χ1n) is 8.03. The number of rotatable bonds is 7. The molecule has 1 amide bonds. The second-order valence-electron chi connectivity index (χ2n) is 5.72. The van der Waals surface area contributed by atoms with Crippen LogP contribution in [0.3, 0.4) is 0 Å². The fourth-order valence-electron chi connectivity index (χ4n) is 2.35. The van der Waals surface area contributed by atoms with Gasteiger partial charge in [-0.25, -0.2) is 13.6 Å². The van der Waals surface area contributed by atoms with Crippen LogP contribution in [0.1, 0.15) is 30.9 Å². The largest absolute Gasteiger partial charge is 0.380 e. The summed E-state index contributed by atoms with van der Waals surface area (Å²) in [6.07, 6.45) is 1.24. The van der Waals surface area contributed by atoms with Crippen molar-refractivity contribution in [1.82, 2.24) is 0 Å². The number of nitrogens with zero attached hydrogens (tertiary/aromatic N) is 1. The molecule has 0 spiro atoms. The summed E-state index contributed by atoms with van der Waals surface area (Å²) in [4.78, 5) is 11.6. The van der Waals surface area contributed by atoms with Crippen molar-refractivity contribution in [2.24, 2.45) is 5.14 Å². The lowest BCUT2D eigenvalue weighted by atomic mass is 10.1. The highest BCUT2D eigenvalue weighted by Crippen LogP contribution is 2.20. The summed E-state index contributed by atoms with van der Waals surface area (Å²) in [6, 6.07) is 13.4. The molecular weight excluding hydrogens is 352 g/mol. The molecule has 0 aliphatic carbocycles. The van der Waals surface area contributed by atoms with E-state index in [9.17, 15) is 18.5 Å². The molecule has 7 nitrogen and oxygen atoms in total. The Kier molecular flexibility index (Phi) is 6.33. The number of hydrogen-bond donors (Lipinski definition) is 3. The van der Waals surface area contributed by atoms with Gasteiger partial charge in [-0.3, -0.25) is 4.79 Å². The van der Waals surface area contributed by atoms with Crippen LogP contribution >= 0.6 is 0 Å². The Morgan fingerprint density at radius 1 is 1.23 bits per heavy atom. The first kappa shape index (κ1) is 19.4. The Hall–Kier alpha value is -2.89. The standard InChI is InChI=1S/C18H20N4O3S/c1-2-4-18(23)22-15-6-3-5-13(9-15)12-21-17-8-7-16(26(20,24)25)10-14(17)11-19/h3,5-10,21H,2,4,12H2,1H3,(H,22,23)(H2,20,24,25). The van der Waals surface area contributed by atoms with Crippen molar-refractivity contribution in [1.29, 1.82) is 5.26 Å². The molecule has 0 aromatic heterocycles. The molecule has 26 heavy (non-hydrogen) atoms. The first-order chi connectivity index (χ1) is 12.3. The summed E-state index contributed by atoms with van der Waals surface area (Å²) in [6.45, 7) is 2.34. The van der Waals surface area contributed by atoms with Crippen molar-refractivity contribution < 1.29 is 13.2 Å². The van der Waals surface area contributed by atoms with Gasteiger partial charge in [-0.15, -0.1) is 0 Å². The minimum Gasteiger partial charge on any atom is -0.380 e. The number of benzene rings is 2. The molecule has 0 fully saturated rings. The highest BCUT2D eigenvalue weighted by Gasteiger charge is 2.11. The van der Waals surface area contributed by atoms with E-state index < -0.39 is 10.0 Å². The predicted octanol–water partition coefficient (Wildman–Crippen LogP) is 2.56. The summed E-state index contributed by atoms with van der Waals surface area (Å²) in [5.74, 6) is -0.0389. The lowest BCUT2D eigenvalue weighted by Crippen LogP contribution is -2.13. The molecule has 8 heteroatoms. The molecule has 0 unspecified atom stereocenters. The number of hydrogen-bond acceptors (Lipinski definition) is 5. The second kappa shape index (κ2) is 8.47. The quantitative estimate of drug-likeness (QED) is 0.689. The van der Waals surface area contributed by atoms with Gasteiger partial charge >= 0.3 is 0 Å². The van der Waals surface area contributed by atoms with Crippen LogP contribution in [-0.4, -0.2) is 14.3 Å². The van der Waals surface area contributed by atoms with Gasteiger partial charge in [0.2, 0.25) is 15.9 Å². The number of anilines is 2. The highest BCUT2D eigenvalue weighted by molar-refractivity contribution is 7.89. The summed E-state index contributed by atoms with van der Waals surface area (Å²) in [5.41, 5.74) is 2.29. The Morgan fingerprint density at radius 2 is 2.00 bits per heavy atom. The van der Waals surface area contributed by atoms with E-state index in [4.69, 9.17) is 5.14 Å². The van der Waals surface area contributed by atoms with Crippen molar-refractivity contribution in [2.75, 3.05) is 10.6 Å². The smallest absolute Gasteiger partial charge is 0.238 e. The van der Waals surface area contributed by atoms with Crippen LogP contribution in [0.15, 0.2) is 47.4 Å². The molecule has 2 rings (SSSR count). The molecule has 0 heterocycles. The lowest BCUT2D eigenvalue weighted by Gasteiger charge is -2.11. The molecule has 0 saturated heterocycles. The summed E-state index contributed by atoms with van der Waals surface area (Å²) in [5, 5.41) is 20.2. The van der Waals surface area contributed by atoms with E-state index in [1.807, 2.05) is 31.2 Å². The fourth-order valence-corrected chi connectivity index (χ4v) is 2.89. The van der Waals surface area contributed by atoms with Gasteiger partial charge in [-0.2, -0.15) is 5.26 Å². The predicted molar refractivity (Wildman–Crippen MR) is 99.8 cm³/mol. The Morgan fingerprint density at radius 3 is 2.65 bits per heavy atom. The molecule has 0 radical (unpaired) electrons. The van der Waals surface area contributed by atoms with E-state index >= 15 is 0 Å². The normalized spacial score (nSPS) is 10.8. The Bertz CT molecular complexity index is 949.